The number of benzene rings is 2. The molecule has 4 aromatic heterocycles. The van der Waals surface area contributed by atoms with Crippen molar-refractivity contribution < 1.29 is 9.53 Å². The summed E-state index contributed by atoms with van der Waals surface area (Å²) in [5.41, 5.74) is 8.81. The van der Waals surface area contributed by atoms with E-state index in [1.165, 1.54) is 21.6 Å². The molecule has 0 unspecified atom stereocenters. The molecule has 56 heavy (non-hydrogen) atoms. The minimum absolute atomic E-state index is 0.0254. The van der Waals surface area contributed by atoms with Gasteiger partial charge in [-0.25, -0.2) is 0 Å². The number of carbonyl (C=O) groups is 1. The van der Waals surface area contributed by atoms with Gasteiger partial charge in [0.25, 0.3) is 5.91 Å². The molecule has 282 valence electrons. The summed E-state index contributed by atoms with van der Waals surface area (Å²) in [5.74, 6) is 2.83. The van der Waals surface area contributed by atoms with Gasteiger partial charge in [-0.15, -0.1) is 31.7 Å². The van der Waals surface area contributed by atoms with Crippen molar-refractivity contribution in [3.05, 3.63) is 128 Å². The Balaban J connectivity index is 0.812. The molecule has 1 amide bonds. The maximum Gasteiger partial charge on any atom is 0.272 e. The maximum absolute atomic E-state index is 13.1. The smallest absolute Gasteiger partial charge is 0.272 e. The molecule has 1 saturated carbocycles. The van der Waals surface area contributed by atoms with Crippen molar-refractivity contribution in [3.63, 3.8) is 0 Å². The number of fused-ring (bicyclic) bond motifs is 4. The number of hydrogen-bond acceptors (Lipinski definition) is 10. The maximum atomic E-state index is 13.1. The number of rotatable bonds is 7. The van der Waals surface area contributed by atoms with Crippen LogP contribution in [0.25, 0.3) is 10.8 Å². The molecule has 2 aliphatic heterocycles. The van der Waals surface area contributed by atoms with E-state index >= 15 is 0 Å². The number of aromatic nitrogens is 6. The standard InChI is InChI=1S/C42H39ClN10O2S/c1-23-25(3)56-42-38(23)39(45-24(2)40-50-47-26(4)53(40)42)27-5-10-32(11-6-27)51-19-29-21-52(22-30(29)20-51)37-16-15-36(48-49-37)41(54)46-31-8-13-33(14-9-31)55-34-12-7-28(18-44)35(43)17-34/h5-7,10-12,15-17,21-22,24,31,33H,8-9,13-14,19-20H2,1-4H3,(H,46,54)/t24-,31?,33?/m0/s1. The Kier molecular flexibility index (Phi) is 9.18. The van der Waals surface area contributed by atoms with E-state index in [0.717, 1.165) is 77.9 Å². The van der Waals surface area contributed by atoms with Crippen LogP contribution < -0.4 is 15.0 Å². The van der Waals surface area contributed by atoms with Gasteiger partial charge >= 0.3 is 0 Å². The van der Waals surface area contributed by atoms with Crippen LogP contribution in [0.2, 0.25) is 5.02 Å². The molecule has 3 aliphatic rings. The molecule has 9 rings (SSSR count). The number of anilines is 1. The lowest BCUT2D eigenvalue weighted by Crippen LogP contribution is -2.40. The van der Waals surface area contributed by atoms with Gasteiger partial charge < -0.3 is 19.5 Å². The van der Waals surface area contributed by atoms with Crippen LogP contribution in [0.5, 0.6) is 5.75 Å². The summed E-state index contributed by atoms with van der Waals surface area (Å²) in [6.07, 6.45) is 7.40. The van der Waals surface area contributed by atoms with Crippen molar-refractivity contribution in [2.75, 3.05) is 4.90 Å². The second-order valence-electron chi connectivity index (χ2n) is 14.8. The van der Waals surface area contributed by atoms with Gasteiger partial charge in [0.2, 0.25) is 0 Å². The third-order valence-electron chi connectivity index (χ3n) is 11.1. The van der Waals surface area contributed by atoms with E-state index in [2.05, 4.69) is 98.7 Å². The van der Waals surface area contributed by atoms with Crippen LogP contribution in [0.3, 0.4) is 0 Å². The van der Waals surface area contributed by atoms with Crippen molar-refractivity contribution in [1.29, 1.82) is 5.26 Å². The summed E-state index contributed by atoms with van der Waals surface area (Å²) in [5, 5.41) is 31.3. The summed E-state index contributed by atoms with van der Waals surface area (Å²) >= 11 is 7.93. The molecule has 0 spiro atoms. The average Bonchev–Trinajstić information content (AvgIpc) is 3.95. The second kappa shape index (κ2) is 14.3. The first-order valence-corrected chi connectivity index (χ1v) is 20.0. The largest absolute Gasteiger partial charge is 0.490 e. The van der Waals surface area contributed by atoms with Crippen molar-refractivity contribution in [2.45, 2.75) is 84.7 Å². The minimum Gasteiger partial charge on any atom is -0.490 e. The first-order chi connectivity index (χ1) is 27.1. The molecular weight excluding hydrogens is 744 g/mol. The average molecular weight is 783 g/mol. The lowest BCUT2D eigenvalue weighted by atomic mass is 9.93. The van der Waals surface area contributed by atoms with Crippen LogP contribution >= 0.6 is 22.9 Å². The van der Waals surface area contributed by atoms with Gasteiger partial charge in [-0.3, -0.25) is 14.4 Å². The van der Waals surface area contributed by atoms with E-state index < -0.39 is 0 Å². The minimum atomic E-state index is -0.232. The Morgan fingerprint density at radius 2 is 1.70 bits per heavy atom. The van der Waals surface area contributed by atoms with Crippen molar-refractivity contribution in [1.82, 2.24) is 34.8 Å². The first kappa shape index (κ1) is 35.8. The predicted octanol–water partition coefficient (Wildman–Crippen LogP) is 7.91. The van der Waals surface area contributed by atoms with Crippen LogP contribution in [-0.2, 0) is 13.1 Å². The SMILES string of the molecule is Cc1sc2c(c1C)C(c1ccc(N3Cc4cn(-c5ccc(C(=O)NC6CCC(Oc7ccc(C#N)c(Cl)c7)CC6)nn5)cc4C3)cc1)=N[C@@H](C)c1nnc(C)n1-2. The molecule has 2 aromatic carbocycles. The second-order valence-corrected chi connectivity index (χ2v) is 16.4. The number of thiophene rings is 1. The number of nitriles is 1. The number of aryl methyl sites for hydroxylation is 2. The zero-order valence-corrected chi connectivity index (χ0v) is 33.0. The molecule has 1 aliphatic carbocycles. The highest BCUT2D eigenvalue weighted by atomic mass is 35.5. The number of aliphatic imine (C=N–C) groups is 1. The van der Waals surface area contributed by atoms with Gasteiger partial charge in [0, 0.05) is 59.3 Å². The summed E-state index contributed by atoms with van der Waals surface area (Å²) in [6, 6.07) is 19.4. The molecule has 6 heterocycles. The molecule has 0 radical (unpaired) electrons. The Morgan fingerprint density at radius 3 is 2.38 bits per heavy atom. The third-order valence-corrected chi connectivity index (χ3v) is 12.6. The van der Waals surface area contributed by atoms with Gasteiger partial charge in [-0.1, -0.05) is 23.7 Å². The third kappa shape index (κ3) is 6.52. The van der Waals surface area contributed by atoms with E-state index in [0.29, 0.717) is 22.2 Å². The van der Waals surface area contributed by atoms with Gasteiger partial charge in [0.05, 0.1) is 22.4 Å². The van der Waals surface area contributed by atoms with Crippen molar-refractivity contribution in [3.8, 4) is 22.6 Å². The fraction of sp³-hybridized carbons (Fsp3) is 0.310. The van der Waals surface area contributed by atoms with Gasteiger partial charge in [0.1, 0.15) is 28.7 Å². The molecular formula is C42H39ClN10O2S. The van der Waals surface area contributed by atoms with Crippen molar-refractivity contribution in [2.24, 2.45) is 4.99 Å². The highest BCUT2D eigenvalue weighted by Crippen LogP contribution is 2.39. The number of amides is 1. The molecule has 0 bridgehead atoms. The van der Waals surface area contributed by atoms with E-state index in [1.54, 1.807) is 35.6 Å². The zero-order chi connectivity index (χ0) is 38.7. The Morgan fingerprint density at radius 1 is 0.946 bits per heavy atom. The number of nitrogens with one attached hydrogen (secondary N) is 1. The number of ether oxygens (including phenoxy) is 1. The summed E-state index contributed by atoms with van der Waals surface area (Å²) in [4.78, 5) is 21.9. The predicted molar refractivity (Wildman–Crippen MR) is 215 cm³/mol. The van der Waals surface area contributed by atoms with Crippen LogP contribution in [0.4, 0.5) is 5.69 Å². The molecule has 1 atom stereocenters. The Hall–Kier alpha value is -5.84. The molecule has 6 aromatic rings. The van der Waals surface area contributed by atoms with Crippen LogP contribution in [-0.4, -0.2) is 53.3 Å². The quantitative estimate of drug-likeness (QED) is 0.172. The van der Waals surface area contributed by atoms with Gasteiger partial charge in [0.15, 0.2) is 17.3 Å². The topological polar surface area (TPSA) is 139 Å². The summed E-state index contributed by atoms with van der Waals surface area (Å²) < 4.78 is 10.2. The molecule has 0 saturated heterocycles. The fourth-order valence-corrected chi connectivity index (χ4v) is 9.36. The molecule has 12 nitrogen and oxygen atoms in total. The Bertz CT molecular complexity index is 2530. The molecule has 1 N–H and O–H groups in total. The van der Waals surface area contributed by atoms with E-state index in [-0.39, 0.29) is 29.8 Å². The highest BCUT2D eigenvalue weighted by molar-refractivity contribution is 7.15. The zero-order valence-electron chi connectivity index (χ0n) is 31.5. The van der Waals surface area contributed by atoms with E-state index in [4.69, 9.17) is 26.6 Å². The number of hydrogen-bond donors (Lipinski definition) is 1. The van der Waals surface area contributed by atoms with Crippen LogP contribution in [0.15, 0.2) is 72.0 Å². The van der Waals surface area contributed by atoms with E-state index in [1.807, 2.05) is 17.6 Å². The van der Waals surface area contributed by atoms with Gasteiger partial charge in [-0.05, 0) is 106 Å². The summed E-state index contributed by atoms with van der Waals surface area (Å²) in [6.45, 7) is 9.99. The van der Waals surface area contributed by atoms with Gasteiger partial charge in [-0.2, -0.15) is 5.26 Å². The highest BCUT2D eigenvalue weighted by Gasteiger charge is 2.30. The number of halogens is 1. The Labute approximate surface area is 333 Å². The van der Waals surface area contributed by atoms with Crippen molar-refractivity contribution >= 4 is 40.2 Å². The molecule has 14 heteroatoms. The number of nitrogens with zero attached hydrogens (tertiary/aromatic N) is 9. The molecule has 1 fully saturated rings. The fourth-order valence-electron chi connectivity index (χ4n) is 7.94. The monoisotopic (exact) mass is 782 g/mol. The van der Waals surface area contributed by atoms with E-state index in [9.17, 15) is 4.79 Å². The first-order valence-electron chi connectivity index (χ1n) is 18.8. The normalized spacial score (nSPS) is 18.7. The lowest BCUT2D eigenvalue weighted by molar-refractivity contribution is 0.0888. The van der Waals surface area contributed by atoms with Crippen LogP contribution in [0.1, 0.15) is 99.0 Å². The lowest BCUT2D eigenvalue weighted by Gasteiger charge is -2.29. The number of carbonyl (C=O) groups excluding carboxylic acids is 1. The van der Waals surface area contributed by atoms with Crippen LogP contribution in [0, 0.1) is 32.1 Å². The summed E-state index contributed by atoms with van der Waals surface area (Å²) in [7, 11) is 0.